The summed E-state index contributed by atoms with van der Waals surface area (Å²) in [4.78, 5) is 17.9. The van der Waals surface area contributed by atoms with Crippen LogP contribution in [0.4, 0.5) is 9.52 Å². The molecule has 0 unspecified atom stereocenters. The Labute approximate surface area is 157 Å². The standard InChI is InChI=1S/C17H15FN4O2S2/c1-10(23)22(14-6-7-14)16-20-21-17(26-16)25-9-13-8-24-15(19-13)11-2-4-12(18)5-3-11/h2-5,8,14H,6-7,9H2,1H3. The van der Waals surface area contributed by atoms with E-state index >= 15 is 0 Å². The van der Waals surface area contributed by atoms with Crippen LogP contribution in [-0.4, -0.2) is 27.1 Å². The molecule has 1 fully saturated rings. The zero-order valence-corrected chi connectivity index (χ0v) is 15.5. The van der Waals surface area contributed by atoms with Crippen molar-refractivity contribution in [2.75, 3.05) is 4.90 Å². The molecule has 1 saturated carbocycles. The molecule has 2 heterocycles. The first-order chi connectivity index (χ1) is 12.6. The van der Waals surface area contributed by atoms with E-state index in [0.29, 0.717) is 16.8 Å². The van der Waals surface area contributed by atoms with Gasteiger partial charge in [-0.05, 0) is 37.1 Å². The second kappa shape index (κ2) is 7.16. The van der Waals surface area contributed by atoms with Crippen LogP contribution in [0.5, 0.6) is 0 Å². The van der Waals surface area contributed by atoms with Crippen LogP contribution in [-0.2, 0) is 10.5 Å². The topological polar surface area (TPSA) is 72.1 Å². The predicted molar refractivity (Wildman–Crippen MR) is 97.5 cm³/mol. The maximum atomic E-state index is 13.0. The van der Waals surface area contributed by atoms with Crippen molar-refractivity contribution in [3.05, 3.63) is 42.0 Å². The zero-order valence-electron chi connectivity index (χ0n) is 13.9. The van der Waals surface area contributed by atoms with Gasteiger partial charge in [0.15, 0.2) is 4.34 Å². The lowest BCUT2D eigenvalue weighted by molar-refractivity contribution is -0.116. The minimum absolute atomic E-state index is 0.000593. The van der Waals surface area contributed by atoms with Gasteiger partial charge >= 0.3 is 0 Å². The number of carbonyl (C=O) groups excluding carboxylic acids is 1. The fourth-order valence-corrected chi connectivity index (χ4v) is 4.31. The summed E-state index contributed by atoms with van der Waals surface area (Å²) in [6, 6.07) is 6.27. The molecule has 4 rings (SSSR count). The van der Waals surface area contributed by atoms with E-state index in [2.05, 4.69) is 15.2 Å². The van der Waals surface area contributed by atoms with E-state index in [1.54, 1.807) is 30.2 Å². The molecule has 2 aromatic heterocycles. The van der Waals surface area contributed by atoms with Gasteiger partial charge in [0.05, 0.1) is 5.69 Å². The van der Waals surface area contributed by atoms with Crippen molar-refractivity contribution in [2.45, 2.75) is 35.9 Å². The Balaban J connectivity index is 1.40. The van der Waals surface area contributed by atoms with Crippen LogP contribution < -0.4 is 4.90 Å². The van der Waals surface area contributed by atoms with Gasteiger partial charge in [0.2, 0.25) is 16.9 Å². The van der Waals surface area contributed by atoms with Crippen LogP contribution in [0.15, 0.2) is 39.3 Å². The molecule has 1 amide bonds. The smallest absolute Gasteiger partial charge is 0.226 e. The Morgan fingerprint density at radius 3 is 2.81 bits per heavy atom. The Hall–Kier alpha value is -2.26. The minimum atomic E-state index is -0.297. The van der Waals surface area contributed by atoms with Gasteiger partial charge in [-0.25, -0.2) is 9.37 Å². The quantitative estimate of drug-likeness (QED) is 0.465. The van der Waals surface area contributed by atoms with E-state index in [-0.39, 0.29) is 17.8 Å². The molecule has 26 heavy (non-hydrogen) atoms. The normalized spacial score (nSPS) is 13.8. The first-order valence-electron chi connectivity index (χ1n) is 8.06. The molecule has 1 aliphatic carbocycles. The summed E-state index contributed by atoms with van der Waals surface area (Å²) in [5.74, 6) is 0.729. The molecule has 0 bridgehead atoms. The summed E-state index contributed by atoms with van der Waals surface area (Å²) in [6.07, 6.45) is 3.62. The molecule has 1 aromatic carbocycles. The summed E-state index contributed by atoms with van der Waals surface area (Å²) in [6.45, 7) is 1.55. The molecule has 0 spiro atoms. The molecule has 3 aromatic rings. The van der Waals surface area contributed by atoms with Gasteiger partial charge in [-0.3, -0.25) is 9.69 Å². The fraction of sp³-hybridized carbons (Fsp3) is 0.294. The maximum absolute atomic E-state index is 13.0. The van der Waals surface area contributed by atoms with Crippen molar-refractivity contribution in [2.24, 2.45) is 0 Å². The molecule has 6 nitrogen and oxygen atoms in total. The van der Waals surface area contributed by atoms with Crippen molar-refractivity contribution < 1.29 is 13.6 Å². The van der Waals surface area contributed by atoms with Gasteiger partial charge in [0, 0.05) is 24.3 Å². The fourth-order valence-electron chi connectivity index (χ4n) is 2.47. The first-order valence-corrected chi connectivity index (χ1v) is 9.87. The number of oxazole rings is 1. The molecular formula is C17H15FN4O2S2. The van der Waals surface area contributed by atoms with E-state index in [1.165, 1.54) is 35.2 Å². The number of hydrogen-bond donors (Lipinski definition) is 0. The molecule has 0 atom stereocenters. The lowest BCUT2D eigenvalue weighted by Crippen LogP contribution is -2.30. The van der Waals surface area contributed by atoms with E-state index in [9.17, 15) is 9.18 Å². The highest BCUT2D eigenvalue weighted by Crippen LogP contribution is 2.36. The SMILES string of the molecule is CC(=O)N(c1nnc(SCc2coc(-c3ccc(F)cc3)n2)s1)C1CC1. The maximum Gasteiger partial charge on any atom is 0.226 e. The van der Waals surface area contributed by atoms with E-state index in [1.807, 2.05) is 0 Å². The van der Waals surface area contributed by atoms with Crippen LogP contribution in [0, 0.1) is 5.82 Å². The van der Waals surface area contributed by atoms with Gasteiger partial charge in [-0.2, -0.15) is 0 Å². The van der Waals surface area contributed by atoms with Crippen molar-refractivity contribution in [1.82, 2.24) is 15.2 Å². The third-order valence-electron chi connectivity index (χ3n) is 3.84. The predicted octanol–water partition coefficient (Wildman–Crippen LogP) is 4.14. The molecule has 134 valence electrons. The van der Waals surface area contributed by atoms with E-state index in [0.717, 1.165) is 28.4 Å². The lowest BCUT2D eigenvalue weighted by atomic mass is 10.2. The highest BCUT2D eigenvalue weighted by atomic mass is 32.2. The first kappa shape index (κ1) is 17.2. The number of carbonyl (C=O) groups is 1. The Kier molecular flexibility index (Phi) is 4.73. The lowest BCUT2D eigenvalue weighted by Gasteiger charge is -2.15. The number of thioether (sulfide) groups is 1. The molecule has 0 radical (unpaired) electrons. The van der Waals surface area contributed by atoms with Gasteiger partial charge in [0.25, 0.3) is 0 Å². The average Bonchev–Trinajstić information content (AvgIpc) is 3.15. The van der Waals surface area contributed by atoms with Crippen LogP contribution in [0.25, 0.3) is 11.5 Å². The second-order valence-corrected chi connectivity index (χ2v) is 8.09. The van der Waals surface area contributed by atoms with E-state index < -0.39 is 0 Å². The van der Waals surface area contributed by atoms with Gasteiger partial charge in [0.1, 0.15) is 12.1 Å². The number of anilines is 1. The van der Waals surface area contributed by atoms with Crippen LogP contribution in [0.2, 0.25) is 0 Å². The number of nitrogens with zero attached hydrogens (tertiary/aromatic N) is 4. The Morgan fingerprint density at radius 1 is 1.35 bits per heavy atom. The number of aromatic nitrogens is 3. The summed E-state index contributed by atoms with van der Waals surface area (Å²) in [7, 11) is 0. The monoisotopic (exact) mass is 390 g/mol. The number of amides is 1. The average molecular weight is 390 g/mol. The number of hydrogen-bond acceptors (Lipinski definition) is 7. The van der Waals surface area contributed by atoms with Gasteiger partial charge < -0.3 is 4.42 Å². The third kappa shape index (κ3) is 3.78. The summed E-state index contributed by atoms with van der Waals surface area (Å²) < 4.78 is 19.2. The zero-order chi connectivity index (χ0) is 18.1. The highest BCUT2D eigenvalue weighted by Gasteiger charge is 2.34. The van der Waals surface area contributed by atoms with Crippen LogP contribution >= 0.6 is 23.1 Å². The van der Waals surface area contributed by atoms with Crippen LogP contribution in [0.3, 0.4) is 0 Å². The van der Waals surface area contributed by atoms with Crippen molar-refractivity contribution in [3.63, 3.8) is 0 Å². The van der Waals surface area contributed by atoms with Crippen LogP contribution in [0.1, 0.15) is 25.5 Å². The molecule has 0 saturated heterocycles. The molecule has 9 heteroatoms. The van der Waals surface area contributed by atoms with Crippen molar-refractivity contribution >= 4 is 34.1 Å². The summed E-state index contributed by atoms with van der Waals surface area (Å²) in [5, 5.41) is 8.95. The summed E-state index contributed by atoms with van der Waals surface area (Å²) in [5.41, 5.74) is 1.49. The Morgan fingerprint density at radius 2 is 2.12 bits per heavy atom. The summed E-state index contributed by atoms with van der Waals surface area (Å²) >= 11 is 2.90. The molecule has 0 N–H and O–H groups in total. The van der Waals surface area contributed by atoms with Crippen molar-refractivity contribution in [3.8, 4) is 11.5 Å². The van der Waals surface area contributed by atoms with Gasteiger partial charge in [-0.1, -0.05) is 23.1 Å². The minimum Gasteiger partial charge on any atom is -0.444 e. The number of halogens is 1. The third-order valence-corrected chi connectivity index (χ3v) is 5.93. The van der Waals surface area contributed by atoms with Crippen molar-refractivity contribution in [1.29, 1.82) is 0 Å². The molecule has 1 aliphatic rings. The number of rotatable bonds is 6. The number of benzene rings is 1. The highest BCUT2D eigenvalue weighted by molar-refractivity contribution is 8.00. The molecule has 0 aliphatic heterocycles. The largest absolute Gasteiger partial charge is 0.444 e. The Bertz CT molecular complexity index is 921. The van der Waals surface area contributed by atoms with E-state index in [4.69, 9.17) is 4.42 Å². The van der Waals surface area contributed by atoms with Gasteiger partial charge in [-0.15, -0.1) is 10.2 Å². The molecular weight excluding hydrogens is 375 g/mol. The second-order valence-electron chi connectivity index (χ2n) is 5.91.